The molecule has 5 heteroatoms. The van der Waals surface area contributed by atoms with Crippen LogP contribution < -0.4 is 10.2 Å². The van der Waals surface area contributed by atoms with E-state index in [1.807, 2.05) is 30.1 Å². The Morgan fingerprint density at radius 3 is 2.70 bits per heavy atom. The quantitative estimate of drug-likeness (QED) is 0.929. The summed E-state index contributed by atoms with van der Waals surface area (Å²) in [4.78, 5) is 28.8. The van der Waals surface area contributed by atoms with Crippen LogP contribution in [0.5, 0.6) is 0 Å². The van der Waals surface area contributed by atoms with E-state index in [1.165, 1.54) is 12.8 Å². The van der Waals surface area contributed by atoms with Gasteiger partial charge in [0, 0.05) is 24.7 Å². The first-order valence-electron chi connectivity index (χ1n) is 8.52. The number of carbonyl (C=O) groups excluding carboxylic acids is 2. The van der Waals surface area contributed by atoms with E-state index in [9.17, 15) is 9.59 Å². The highest BCUT2D eigenvalue weighted by Crippen LogP contribution is 2.41. The van der Waals surface area contributed by atoms with Crippen molar-refractivity contribution in [1.82, 2.24) is 4.90 Å². The molecule has 0 aromatic heterocycles. The maximum atomic E-state index is 13.0. The second kappa shape index (κ2) is 5.25. The average molecular weight is 313 g/mol. The molecular weight excluding hydrogens is 290 g/mol. The van der Waals surface area contributed by atoms with E-state index >= 15 is 0 Å². The van der Waals surface area contributed by atoms with Crippen LogP contribution in [-0.4, -0.2) is 42.4 Å². The molecule has 0 spiro atoms. The third-order valence-corrected chi connectivity index (χ3v) is 5.23. The van der Waals surface area contributed by atoms with E-state index < -0.39 is 0 Å². The molecule has 23 heavy (non-hydrogen) atoms. The smallest absolute Gasteiger partial charge is 0.254 e. The Hall–Kier alpha value is -2.04. The van der Waals surface area contributed by atoms with Crippen LogP contribution in [0.25, 0.3) is 0 Å². The fraction of sp³-hybridized carbons (Fsp3) is 0.556. The van der Waals surface area contributed by atoms with Gasteiger partial charge in [-0.3, -0.25) is 9.59 Å². The third-order valence-electron chi connectivity index (χ3n) is 5.23. The molecule has 1 aliphatic heterocycles. The number of amides is 2. The Kier molecular flexibility index (Phi) is 3.32. The van der Waals surface area contributed by atoms with Crippen molar-refractivity contribution in [1.29, 1.82) is 0 Å². The van der Waals surface area contributed by atoms with Crippen molar-refractivity contribution < 1.29 is 9.59 Å². The van der Waals surface area contributed by atoms with Crippen LogP contribution in [0.4, 0.5) is 11.4 Å². The van der Waals surface area contributed by atoms with Crippen LogP contribution >= 0.6 is 0 Å². The molecule has 0 unspecified atom stereocenters. The molecule has 0 bridgehead atoms. The summed E-state index contributed by atoms with van der Waals surface area (Å²) in [6, 6.07) is 6.40. The Bertz CT molecular complexity index is 664. The molecule has 0 saturated heterocycles. The number of rotatable bonds is 4. The number of nitrogens with one attached hydrogen (secondary N) is 1. The normalized spacial score (nSPS) is 21.5. The molecule has 1 N–H and O–H groups in total. The van der Waals surface area contributed by atoms with E-state index in [0.29, 0.717) is 30.1 Å². The topological polar surface area (TPSA) is 52.7 Å². The zero-order chi connectivity index (χ0) is 16.1. The molecular formula is C18H23N3O2. The zero-order valence-electron chi connectivity index (χ0n) is 13.7. The number of benzene rings is 1. The maximum Gasteiger partial charge on any atom is 0.254 e. The van der Waals surface area contributed by atoms with E-state index in [1.54, 1.807) is 0 Å². The van der Waals surface area contributed by atoms with E-state index in [4.69, 9.17) is 0 Å². The molecule has 2 saturated carbocycles. The van der Waals surface area contributed by atoms with Gasteiger partial charge in [-0.05, 0) is 56.7 Å². The molecule has 1 atom stereocenters. The summed E-state index contributed by atoms with van der Waals surface area (Å²) in [5, 5.41) is 2.88. The summed E-state index contributed by atoms with van der Waals surface area (Å²) >= 11 is 0. The van der Waals surface area contributed by atoms with Gasteiger partial charge < -0.3 is 15.1 Å². The van der Waals surface area contributed by atoms with Gasteiger partial charge in [0.05, 0.1) is 17.9 Å². The lowest BCUT2D eigenvalue weighted by Crippen LogP contribution is -2.42. The van der Waals surface area contributed by atoms with Gasteiger partial charge >= 0.3 is 0 Å². The summed E-state index contributed by atoms with van der Waals surface area (Å²) in [6.07, 6.45) is 4.71. The molecule has 1 aromatic carbocycles. The molecule has 1 aromatic rings. The van der Waals surface area contributed by atoms with Crippen LogP contribution in [0.3, 0.4) is 0 Å². The second-order valence-electron chi connectivity index (χ2n) is 7.16. The Morgan fingerprint density at radius 1 is 1.30 bits per heavy atom. The first kappa shape index (κ1) is 14.5. The van der Waals surface area contributed by atoms with Gasteiger partial charge in [0.1, 0.15) is 0 Å². The largest absolute Gasteiger partial charge is 0.364 e. The molecule has 122 valence electrons. The lowest BCUT2D eigenvalue weighted by Gasteiger charge is -2.31. The number of nitrogens with zero attached hydrogens (tertiary/aromatic N) is 2. The lowest BCUT2D eigenvalue weighted by atomic mass is 10.1. The van der Waals surface area contributed by atoms with Gasteiger partial charge in [-0.15, -0.1) is 0 Å². The first-order valence-corrected chi connectivity index (χ1v) is 8.52. The van der Waals surface area contributed by atoms with Crippen LogP contribution in [0.1, 0.15) is 43.0 Å². The van der Waals surface area contributed by atoms with Crippen molar-refractivity contribution >= 4 is 23.2 Å². The van der Waals surface area contributed by atoms with Crippen LogP contribution in [0, 0.1) is 5.92 Å². The standard InChI is InChI=1S/C18H23N3O2/c1-11(12-3-4-12)21(14-6-7-14)18(23)13-5-8-16-15(9-13)19-17(22)10-20(16)2/h5,8-9,11-12,14H,3-4,6-7,10H2,1-2H3,(H,19,22)/t11-/m1/s1. The minimum Gasteiger partial charge on any atom is -0.364 e. The molecule has 0 radical (unpaired) electrons. The first-order chi connectivity index (χ1) is 11.0. The van der Waals surface area contributed by atoms with Crippen molar-refractivity contribution in [3.05, 3.63) is 23.8 Å². The van der Waals surface area contributed by atoms with E-state index in [0.717, 1.165) is 24.2 Å². The summed E-state index contributed by atoms with van der Waals surface area (Å²) in [6.45, 7) is 2.54. The zero-order valence-corrected chi connectivity index (χ0v) is 13.7. The van der Waals surface area contributed by atoms with Gasteiger partial charge in [0.2, 0.25) is 5.91 Å². The molecule has 4 rings (SSSR count). The van der Waals surface area contributed by atoms with Gasteiger partial charge in [-0.25, -0.2) is 0 Å². The second-order valence-corrected chi connectivity index (χ2v) is 7.16. The summed E-state index contributed by atoms with van der Waals surface area (Å²) < 4.78 is 0. The highest BCUT2D eigenvalue weighted by Gasteiger charge is 2.42. The summed E-state index contributed by atoms with van der Waals surface area (Å²) in [7, 11) is 1.89. The lowest BCUT2D eigenvalue weighted by molar-refractivity contribution is -0.115. The molecule has 1 heterocycles. The number of fused-ring (bicyclic) bond motifs is 1. The van der Waals surface area contributed by atoms with E-state index in [-0.39, 0.29) is 11.8 Å². The predicted molar refractivity (Wildman–Crippen MR) is 89.7 cm³/mol. The summed E-state index contributed by atoms with van der Waals surface area (Å²) in [5.74, 6) is 0.746. The minimum absolute atomic E-state index is 0.0324. The predicted octanol–water partition coefficient (Wildman–Crippen LogP) is 2.48. The van der Waals surface area contributed by atoms with Gasteiger partial charge in [0.15, 0.2) is 0 Å². The molecule has 3 aliphatic rings. The van der Waals surface area contributed by atoms with Crippen LogP contribution in [0.15, 0.2) is 18.2 Å². The minimum atomic E-state index is -0.0324. The highest BCUT2D eigenvalue weighted by atomic mass is 16.2. The summed E-state index contributed by atoms with van der Waals surface area (Å²) in [5.41, 5.74) is 2.39. The van der Waals surface area contributed by atoms with Crippen molar-refractivity contribution in [3.63, 3.8) is 0 Å². The number of hydrogen-bond acceptors (Lipinski definition) is 3. The maximum absolute atomic E-state index is 13.0. The third kappa shape index (κ3) is 2.69. The van der Waals surface area contributed by atoms with Gasteiger partial charge in [0.25, 0.3) is 5.91 Å². The van der Waals surface area contributed by atoms with Crippen LogP contribution in [-0.2, 0) is 4.79 Å². The highest BCUT2D eigenvalue weighted by molar-refractivity contribution is 6.04. The average Bonchev–Trinajstić information content (AvgIpc) is 3.37. The SMILES string of the molecule is C[C@H](C1CC1)N(C(=O)c1ccc2c(c1)NC(=O)CN2C)C1CC1. The Balaban J connectivity index is 1.62. The van der Waals surface area contributed by atoms with Gasteiger partial charge in [-0.2, -0.15) is 0 Å². The Morgan fingerprint density at radius 2 is 2.04 bits per heavy atom. The Labute approximate surface area is 136 Å². The van der Waals surface area contributed by atoms with E-state index in [2.05, 4.69) is 17.1 Å². The van der Waals surface area contributed by atoms with Crippen molar-refractivity contribution in [2.75, 3.05) is 23.8 Å². The van der Waals surface area contributed by atoms with Crippen molar-refractivity contribution in [2.24, 2.45) is 5.92 Å². The number of likely N-dealkylation sites (N-methyl/N-ethyl adjacent to an activating group) is 1. The fourth-order valence-corrected chi connectivity index (χ4v) is 3.58. The monoisotopic (exact) mass is 313 g/mol. The molecule has 2 aliphatic carbocycles. The molecule has 2 fully saturated rings. The van der Waals surface area contributed by atoms with Gasteiger partial charge in [-0.1, -0.05) is 0 Å². The molecule has 2 amide bonds. The number of anilines is 2. The molecule has 5 nitrogen and oxygen atoms in total. The number of carbonyl (C=O) groups is 2. The van der Waals surface area contributed by atoms with Crippen molar-refractivity contribution in [2.45, 2.75) is 44.7 Å². The van der Waals surface area contributed by atoms with Crippen molar-refractivity contribution in [3.8, 4) is 0 Å². The number of hydrogen-bond donors (Lipinski definition) is 1. The van der Waals surface area contributed by atoms with Crippen LogP contribution in [0.2, 0.25) is 0 Å². The fourth-order valence-electron chi connectivity index (χ4n) is 3.58.